The quantitative estimate of drug-likeness (QED) is 0.602. The standard InChI is InChI=1S/C14H30N2O2/c1-4-8-15-10-13(12-17-3)16(5-2)11-14-7-6-9-18-14/h13-15H,4-12H2,1-3H3. The maximum atomic E-state index is 5.74. The van der Waals surface area contributed by atoms with Crippen molar-refractivity contribution >= 4 is 0 Å². The summed E-state index contributed by atoms with van der Waals surface area (Å²) in [6.07, 6.45) is 4.02. The summed E-state index contributed by atoms with van der Waals surface area (Å²) in [6.45, 7) is 10.3. The maximum Gasteiger partial charge on any atom is 0.0702 e. The smallest absolute Gasteiger partial charge is 0.0702 e. The first-order valence-corrected chi connectivity index (χ1v) is 7.37. The van der Waals surface area contributed by atoms with Crippen LogP contribution in [0.4, 0.5) is 0 Å². The van der Waals surface area contributed by atoms with Gasteiger partial charge in [0.15, 0.2) is 0 Å². The molecule has 0 radical (unpaired) electrons. The molecule has 1 fully saturated rings. The first-order valence-electron chi connectivity index (χ1n) is 7.37. The molecule has 4 nitrogen and oxygen atoms in total. The molecule has 0 aromatic carbocycles. The van der Waals surface area contributed by atoms with E-state index in [9.17, 15) is 0 Å². The Morgan fingerprint density at radius 1 is 1.44 bits per heavy atom. The number of hydrogen-bond donors (Lipinski definition) is 1. The molecule has 1 saturated heterocycles. The molecule has 0 saturated carbocycles. The van der Waals surface area contributed by atoms with Gasteiger partial charge in [-0.05, 0) is 32.4 Å². The van der Waals surface area contributed by atoms with Crippen LogP contribution in [0.5, 0.6) is 0 Å². The summed E-state index contributed by atoms with van der Waals surface area (Å²) in [5.41, 5.74) is 0. The number of rotatable bonds is 10. The van der Waals surface area contributed by atoms with Gasteiger partial charge in [-0.2, -0.15) is 0 Å². The molecule has 1 aliphatic rings. The highest BCUT2D eigenvalue weighted by atomic mass is 16.5. The molecule has 2 atom stereocenters. The summed E-state index contributed by atoms with van der Waals surface area (Å²) in [5, 5.41) is 3.50. The van der Waals surface area contributed by atoms with E-state index in [4.69, 9.17) is 9.47 Å². The minimum Gasteiger partial charge on any atom is -0.383 e. The van der Waals surface area contributed by atoms with Crippen LogP contribution in [0.3, 0.4) is 0 Å². The van der Waals surface area contributed by atoms with Gasteiger partial charge in [0.2, 0.25) is 0 Å². The molecule has 1 N–H and O–H groups in total. The first-order chi connectivity index (χ1) is 8.81. The second-order valence-corrected chi connectivity index (χ2v) is 5.04. The number of likely N-dealkylation sites (N-methyl/N-ethyl adjacent to an activating group) is 1. The highest BCUT2D eigenvalue weighted by Crippen LogP contribution is 2.14. The summed E-state index contributed by atoms with van der Waals surface area (Å²) in [6, 6.07) is 0.454. The van der Waals surface area contributed by atoms with Crippen molar-refractivity contribution in [3.63, 3.8) is 0 Å². The number of methoxy groups -OCH3 is 1. The molecule has 0 bridgehead atoms. The summed E-state index contributed by atoms with van der Waals surface area (Å²) < 4.78 is 11.1. The molecule has 108 valence electrons. The predicted molar refractivity (Wildman–Crippen MR) is 75.0 cm³/mol. The molecule has 0 amide bonds. The van der Waals surface area contributed by atoms with E-state index in [-0.39, 0.29) is 0 Å². The van der Waals surface area contributed by atoms with Gasteiger partial charge in [0, 0.05) is 32.8 Å². The zero-order valence-electron chi connectivity index (χ0n) is 12.3. The van der Waals surface area contributed by atoms with Crippen LogP contribution in [0.15, 0.2) is 0 Å². The van der Waals surface area contributed by atoms with Crippen LogP contribution < -0.4 is 5.32 Å². The third-order valence-corrected chi connectivity index (χ3v) is 3.55. The topological polar surface area (TPSA) is 33.7 Å². The average Bonchev–Trinajstić information content (AvgIpc) is 2.88. The molecule has 0 aliphatic carbocycles. The fourth-order valence-electron chi connectivity index (χ4n) is 2.52. The minimum absolute atomic E-state index is 0.426. The summed E-state index contributed by atoms with van der Waals surface area (Å²) >= 11 is 0. The lowest BCUT2D eigenvalue weighted by Crippen LogP contribution is -2.48. The number of ether oxygens (including phenoxy) is 2. The predicted octanol–water partition coefficient (Wildman–Crippen LogP) is 1.50. The SMILES string of the molecule is CCCNCC(COC)N(CC)CC1CCCO1. The van der Waals surface area contributed by atoms with Crippen molar-refractivity contribution in [2.45, 2.75) is 45.3 Å². The van der Waals surface area contributed by atoms with Crippen molar-refractivity contribution < 1.29 is 9.47 Å². The van der Waals surface area contributed by atoms with Gasteiger partial charge in [-0.1, -0.05) is 13.8 Å². The van der Waals surface area contributed by atoms with Gasteiger partial charge < -0.3 is 14.8 Å². The van der Waals surface area contributed by atoms with Crippen LogP contribution in [0.25, 0.3) is 0 Å². The molecule has 1 aliphatic heterocycles. The van der Waals surface area contributed by atoms with Crippen LogP contribution >= 0.6 is 0 Å². The average molecular weight is 258 g/mol. The number of hydrogen-bond acceptors (Lipinski definition) is 4. The largest absolute Gasteiger partial charge is 0.383 e. The van der Waals surface area contributed by atoms with Gasteiger partial charge in [-0.3, -0.25) is 4.90 Å². The molecule has 0 aromatic heterocycles. The van der Waals surface area contributed by atoms with E-state index in [0.29, 0.717) is 12.1 Å². The number of nitrogens with one attached hydrogen (secondary N) is 1. The fraction of sp³-hybridized carbons (Fsp3) is 1.00. The minimum atomic E-state index is 0.426. The van der Waals surface area contributed by atoms with Crippen LogP contribution in [0.1, 0.15) is 33.1 Å². The van der Waals surface area contributed by atoms with E-state index >= 15 is 0 Å². The van der Waals surface area contributed by atoms with Crippen molar-refractivity contribution in [3.05, 3.63) is 0 Å². The fourth-order valence-corrected chi connectivity index (χ4v) is 2.52. The van der Waals surface area contributed by atoms with Crippen LogP contribution in [0.2, 0.25) is 0 Å². The van der Waals surface area contributed by atoms with Crippen LogP contribution in [-0.2, 0) is 9.47 Å². The molecule has 18 heavy (non-hydrogen) atoms. The third kappa shape index (κ3) is 5.65. The van der Waals surface area contributed by atoms with E-state index in [1.165, 1.54) is 19.3 Å². The summed E-state index contributed by atoms with van der Waals surface area (Å²) in [5.74, 6) is 0. The van der Waals surface area contributed by atoms with Gasteiger partial charge >= 0.3 is 0 Å². The van der Waals surface area contributed by atoms with E-state index in [0.717, 1.165) is 39.4 Å². The Kier molecular flexibility index (Phi) is 8.59. The van der Waals surface area contributed by atoms with Crippen molar-refractivity contribution in [2.75, 3.05) is 46.5 Å². The second kappa shape index (κ2) is 9.73. The normalized spacial score (nSPS) is 21.7. The van der Waals surface area contributed by atoms with Gasteiger partial charge in [0.05, 0.1) is 12.7 Å². The molecular formula is C14H30N2O2. The zero-order chi connectivity index (χ0) is 13.2. The molecule has 0 spiro atoms. The van der Waals surface area contributed by atoms with E-state index < -0.39 is 0 Å². The molecule has 1 rings (SSSR count). The lowest BCUT2D eigenvalue weighted by molar-refractivity contribution is 0.0358. The van der Waals surface area contributed by atoms with Crippen molar-refractivity contribution in [1.82, 2.24) is 10.2 Å². The summed E-state index contributed by atoms with van der Waals surface area (Å²) in [4.78, 5) is 2.49. The highest BCUT2D eigenvalue weighted by molar-refractivity contribution is 4.78. The van der Waals surface area contributed by atoms with Gasteiger partial charge in [0.25, 0.3) is 0 Å². The van der Waals surface area contributed by atoms with Crippen molar-refractivity contribution in [2.24, 2.45) is 0 Å². The number of nitrogens with zero attached hydrogens (tertiary/aromatic N) is 1. The second-order valence-electron chi connectivity index (χ2n) is 5.04. The van der Waals surface area contributed by atoms with Crippen LogP contribution in [-0.4, -0.2) is 63.5 Å². The van der Waals surface area contributed by atoms with E-state index in [2.05, 4.69) is 24.1 Å². The Bertz CT molecular complexity index is 196. The van der Waals surface area contributed by atoms with Crippen LogP contribution in [0, 0.1) is 0 Å². The molecule has 0 aromatic rings. The van der Waals surface area contributed by atoms with E-state index in [1.807, 2.05) is 0 Å². The zero-order valence-corrected chi connectivity index (χ0v) is 12.3. The van der Waals surface area contributed by atoms with Crippen molar-refractivity contribution in [1.29, 1.82) is 0 Å². The lowest BCUT2D eigenvalue weighted by atomic mass is 10.2. The third-order valence-electron chi connectivity index (χ3n) is 3.55. The molecule has 2 unspecified atom stereocenters. The van der Waals surface area contributed by atoms with Gasteiger partial charge in [0.1, 0.15) is 0 Å². The Labute approximate surface area is 112 Å². The Balaban J connectivity index is 2.38. The Hall–Kier alpha value is -0.160. The molecule has 1 heterocycles. The van der Waals surface area contributed by atoms with Gasteiger partial charge in [-0.15, -0.1) is 0 Å². The first kappa shape index (κ1) is 15.9. The Morgan fingerprint density at radius 2 is 2.28 bits per heavy atom. The lowest BCUT2D eigenvalue weighted by Gasteiger charge is -2.32. The maximum absolute atomic E-state index is 5.74. The van der Waals surface area contributed by atoms with Gasteiger partial charge in [-0.25, -0.2) is 0 Å². The monoisotopic (exact) mass is 258 g/mol. The van der Waals surface area contributed by atoms with Crippen molar-refractivity contribution in [3.8, 4) is 0 Å². The van der Waals surface area contributed by atoms with E-state index in [1.54, 1.807) is 7.11 Å². The Morgan fingerprint density at radius 3 is 2.83 bits per heavy atom. The summed E-state index contributed by atoms with van der Waals surface area (Å²) in [7, 11) is 1.78. The molecule has 4 heteroatoms. The molecular weight excluding hydrogens is 228 g/mol. The highest BCUT2D eigenvalue weighted by Gasteiger charge is 2.23.